The summed E-state index contributed by atoms with van der Waals surface area (Å²) in [5.74, 6) is 1.07. The van der Waals surface area contributed by atoms with E-state index in [0.717, 1.165) is 5.75 Å². The van der Waals surface area contributed by atoms with Gasteiger partial charge in [0.1, 0.15) is 5.75 Å². The Morgan fingerprint density at radius 3 is 2.11 bits per heavy atom. The first-order valence-electron chi connectivity index (χ1n) is 7.50. The molecular formula is C16H28OSi. The van der Waals surface area contributed by atoms with Gasteiger partial charge in [0.15, 0.2) is 0 Å². The highest BCUT2D eigenvalue weighted by Crippen LogP contribution is 2.27. The van der Waals surface area contributed by atoms with Crippen molar-refractivity contribution in [1.29, 1.82) is 0 Å². The van der Waals surface area contributed by atoms with E-state index in [4.69, 9.17) is 4.43 Å². The molecule has 0 atom stereocenters. The van der Waals surface area contributed by atoms with Crippen molar-refractivity contribution >= 4 is 8.32 Å². The van der Waals surface area contributed by atoms with E-state index in [1.165, 1.54) is 43.8 Å². The highest BCUT2D eigenvalue weighted by Gasteiger charge is 2.32. The maximum absolute atomic E-state index is 6.42. The van der Waals surface area contributed by atoms with Crippen molar-refractivity contribution in [3.63, 3.8) is 0 Å². The molecular weight excluding hydrogens is 236 g/mol. The Labute approximate surface area is 114 Å². The molecule has 0 unspecified atom stereocenters. The fourth-order valence-corrected chi connectivity index (χ4v) is 5.54. The van der Waals surface area contributed by atoms with Crippen LogP contribution in [0.15, 0.2) is 30.3 Å². The summed E-state index contributed by atoms with van der Waals surface area (Å²) in [6.45, 7) is 6.88. The molecule has 0 saturated heterocycles. The normalized spacial score (nSPS) is 11.5. The van der Waals surface area contributed by atoms with Crippen molar-refractivity contribution in [3.05, 3.63) is 30.3 Å². The number of para-hydroxylation sites is 1. The molecule has 0 fully saturated rings. The van der Waals surface area contributed by atoms with Crippen LogP contribution in [0.3, 0.4) is 0 Å². The van der Waals surface area contributed by atoms with Crippen molar-refractivity contribution in [3.8, 4) is 5.75 Å². The van der Waals surface area contributed by atoms with Gasteiger partial charge in [-0.25, -0.2) is 0 Å². The first kappa shape index (κ1) is 15.3. The van der Waals surface area contributed by atoms with Gasteiger partial charge in [0.2, 0.25) is 0 Å². The molecule has 0 N–H and O–H groups in total. The van der Waals surface area contributed by atoms with Crippen LogP contribution in [-0.2, 0) is 0 Å². The van der Waals surface area contributed by atoms with E-state index in [0.29, 0.717) is 0 Å². The van der Waals surface area contributed by atoms with Gasteiger partial charge in [-0.1, -0.05) is 64.7 Å². The minimum atomic E-state index is -1.53. The van der Waals surface area contributed by atoms with Crippen molar-refractivity contribution < 1.29 is 4.43 Å². The van der Waals surface area contributed by atoms with Crippen LogP contribution in [0.4, 0.5) is 0 Å². The summed E-state index contributed by atoms with van der Waals surface area (Å²) in [4.78, 5) is 0. The van der Waals surface area contributed by atoms with Gasteiger partial charge >= 0.3 is 0 Å². The van der Waals surface area contributed by atoms with E-state index in [-0.39, 0.29) is 0 Å². The molecule has 1 aromatic rings. The van der Waals surface area contributed by atoms with Gasteiger partial charge in [0, 0.05) is 0 Å². The molecule has 1 rings (SSSR count). The third-order valence-electron chi connectivity index (χ3n) is 3.85. The maximum Gasteiger partial charge on any atom is 0.250 e. The summed E-state index contributed by atoms with van der Waals surface area (Å²) >= 11 is 0. The molecule has 0 amide bonds. The van der Waals surface area contributed by atoms with Crippen LogP contribution < -0.4 is 4.43 Å². The van der Waals surface area contributed by atoms with E-state index in [2.05, 4.69) is 51.1 Å². The molecule has 1 aromatic carbocycles. The molecule has 102 valence electrons. The molecule has 0 heterocycles. The summed E-state index contributed by atoms with van der Waals surface area (Å²) in [6, 6.07) is 14.1. The van der Waals surface area contributed by atoms with E-state index < -0.39 is 8.32 Å². The maximum atomic E-state index is 6.42. The summed E-state index contributed by atoms with van der Waals surface area (Å²) in [5, 5.41) is 0. The lowest BCUT2D eigenvalue weighted by molar-refractivity contribution is 0.521. The number of hydrogen-bond donors (Lipinski definition) is 0. The molecule has 0 radical (unpaired) electrons. The van der Waals surface area contributed by atoms with E-state index >= 15 is 0 Å². The Bertz CT molecular complexity index is 306. The Hall–Kier alpha value is -0.763. The molecule has 1 nitrogen and oxygen atoms in total. The number of hydrogen-bond acceptors (Lipinski definition) is 1. The smallest absolute Gasteiger partial charge is 0.250 e. The molecule has 0 aliphatic carbocycles. The van der Waals surface area contributed by atoms with Crippen molar-refractivity contribution in [1.82, 2.24) is 0 Å². The Morgan fingerprint density at radius 2 is 1.56 bits per heavy atom. The number of rotatable bonds is 9. The SMILES string of the molecule is CCCCCC[Si](CC)(CC)Oc1ccccc1. The molecule has 0 aliphatic rings. The van der Waals surface area contributed by atoms with Crippen molar-refractivity contribution in [2.75, 3.05) is 0 Å². The second-order valence-electron chi connectivity index (χ2n) is 5.12. The average Bonchev–Trinajstić information content (AvgIpc) is 2.43. The summed E-state index contributed by atoms with van der Waals surface area (Å²) in [6.07, 6.45) is 5.38. The molecule has 0 aromatic heterocycles. The van der Waals surface area contributed by atoms with Gasteiger partial charge in [-0.3, -0.25) is 0 Å². The van der Waals surface area contributed by atoms with Crippen LogP contribution in [0.2, 0.25) is 18.1 Å². The van der Waals surface area contributed by atoms with Crippen LogP contribution in [-0.4, -0.2) is 8.32 Å². The van der Waals surface area contributed by atoms with Crippen LogP contribution in [0.5, 0.6) is 5.75 Å². The van der Waals surface area contributed by atoms with Crippen LogP contribution in [0.1, 0.15) is 46.5 Å². The predicted octanol–water partition coefficient (Wildman–Crippen LogP) is 5.63. The van der Waals surface area contributed by atoms with Gasteiger partial charge in [-0.2, -0.15) is 0 Å². The Morgan fingerprint density at radius 1 is 0.889 bits per heavy atom. The molecule has 0 aliphatic heterocycles. The van der Waals surface area contributed by atoms with E-state index in [1.54, 1.807) is 0 Å². The second kappa shape index (κ2) is 8.36. The molecule has 0 spiro atoms. The van der Waals surface area contributed by atoms with E-state index in [1.807, 2.05) is 0 Å². The highest BCUT2D eigenvalue weighted by atomic mass is 28.4. The van der Waals surface area contributed by atoms with E-state index in [9.17, 15) is 0 Å². The third-order valence-corrected chi connectivity index (χ3v) is 8.36. The number of unbranched alkanes of at least 4 members (excludes halogenated alkanes) is 3. The fourth-order valence-electron chi connectivity index (χ4n) is 2.41. The summed E-state index contributed by atoms with van der Waals surface area (Å²) in [7, 11) is -1.53. The van der Waals surface area contributed by atoms with Gasteiger partial charge in [0.05, 0.1) is 0 Å². The third kappa shape index (κ3) is 4.85. The summed E-state index contributed by atoms with van der Waals surface area (Å²) in [5.41, 5.74) is 0. The van der Waals surface area contributed by atoms with Crippen LogP contribution in [0.25, 0.3) is 0 Å². The van der Waals surface area contributed by atoms with Crippen molar-refractivity contribution in [2.45, 2.75) is 64.6 Å². The molecule has 0 saturated carbocycles. The largest absolute Gasteiger partial charge is 0.543 e. The lowest BCUT2D eigenvalue weighted by Gasteiger charge is -2.30. The average molecular weight is 264 g/mol. The standard InChI is InChI=1S/C16H28OSi/c1-4-7-8-12-15-18(5-2,6-3)17-16-13-10-9-11-14-16/h9-11,13-14H,4-8,12,15H2,1-3H3. The predicted molar refractivity (Wildman–Crippen MR) is 82.7 cm³/mol. The fraction of sp³-hybridized carbons (Fsp3) is 0.625. The Kier molecular flexibility index (Phi) is 7.10. The minimum absolute atomic E-state index is 1.07. The second-order valence-corrected chi connectivity index (χ2v) is 9.60. The quantitative estimate of drug-likeness (QED) is 0.415. The van der Waals surface area contributed by atoms with Gasteiger partial charge < -0.3 is 4.43 Å². The topological polar surface area (TPSA) is 9.23 Å². The molecule has 0 bridgehead atoms. The highest BCUT2D eigenvalue weighted by molar-refractivity contribution is 6.74. The minimum Gasteiger partial charge on any atom is -0.543 e. The van der Waals surface area contributed by atoms with Crippen LogP contribution in [0, 0.1) is 0 Å². The molecule has 2 heteroatoms. The zero-order valence-corrected chi connectivity index (χ0v) is 13.2. The zero-order chi connectivity index (χ0) is 13.3. The van der Waals surface area contributed by atoms with Gasteiger partial charge in [0.25, 0.3) is 8.32 Å². The molecule has 18 heavy (non-hydrogen) atoms. The first-order chi connectivity index (χ1) is 8.76. The van der Waals surface area contributed by atoms with Crippen molar-refractivity contribution in [2.24, 2.45) is 0 Å². The monoisotopic (exact) mass is 264 g/mol. The lowest BCUT2D eigenvalue weighted by Crippen LogP contribution is -2.40. The zero-order valence-electron chi connectivity index (χ0n) is 12.2. The Balaban J connectivity index is 2.56. The number of benzene rings is 1. The van der Waals surface area contributed by atoms with Gasteiger partial charge in [-0.05, 0) is 30.3 Å². The van der Waals surface area contributed by atoms with Crippen LogP contribution >= 0.6 is 0 Å². The summed E-state index contributed by atoms with van der Waals surface area (Å²) < 4.78 is 6.42. The first-order valence-corrected chi connectivity index (χ1v) is 10.0. The van der Waals surface area contributed by atoms with Gasteiger partial charge in [-0.15, -0.1) is 0 Å². The lowest BCUT2D eigenvalue weighted by atomic mass is 10.2.